The van der Waals surface area contributed by atoms with E-state index >= 15 is 0 Å². The van der Waals surface area contributed by atoms with E-state index in [4.69, 9.17) is 4.74 Å². The average Bonchev–Trinajstić information content (AvgIpc) is 2.71. The normalized spacial score (nSPS) is 15.2. The van der Waals surface area contributed by atoms with E-state index < -0.39 is 41.6 Å². The molecule has 0 saturated carbocycles. The number of carbonyl (C=O) groups excluding carboxylic acids is 4. The summed E-state index contributed by atoms with van der Waals surface area (Å²) in [7, 11) is 0. The van der Waals surface area contributed by atoms with Crippen LogP contribution in [-0.4, -0.2) is 70.0 Å². The molecule has 0 aliphatic carbocycles. The first kappa shape index (κ1) is 24.6. The number of amides is 5. The lowest BCUT2D eigenvalue weighted by Gasteiger charge is -2.32. The summed E-state index contributed by atoms with van der Waals surface area (Å²) in [4.78, 5) is 62.1. The van der Waals surface area contributed by atoms with Crippen LogP contribution >= 0.6 is 0 Å². The molecule has 3 N–H and O–H groups in total. The number of likely N-dealkylation sites (N-methyl/N-ethyl adjacent to an activating group) is 1. The SMILES string of the molecule is CCN1CCN(C(=O)N[C@@H](C(=O)O)c2ccc(CNC(=O)OC(C)(C)C)cc2)C(=O)C1=O. The lowest BCUT2D eigenvalue weighted by Crippen LogP contribution is -2.58. The largest absolute Gasteiger partial charge is 0.479 e. The van der Waals surface area contributed by atoms with Crippen LogP contribution in [0.1, 0.15) is 44.9 Å². The van der Waals surface area contributed by atoms with Crippen LogP contribution in [0.5, 0.6) is 0 Å². The second kappa shape index (κ2) is 10.1. The van der Waals surface area contributed by atoms with E-state index in [0.717, 1.165) is 0 Å². The van der Waals surface area contributed by atoms with Crippen LogP contribution in [0.25, 0.3) is 0 Å². The van der Waals surface area contributed by atoms with E-state index in [2.05, 4.69) is 10.6 Å². The fraction of sp³-hybridized carbons (Fsp3) is 0.476. The molecule has 0 radical (unpaired) electrons. The number of nitrogens with one attached hydrogen (secondary N) is 2. The number of nitrogens with zero attached hydrogens (tertiary/aromatic N) is 2. The Morgan fingerprint density at radius 3 is 2.25 bits per heavy atom. The number of rotatable bonds is 6. The van der Waals surface area contributed by atoms with Crippen molar-refractivity contribution in [1.29, 1.82) is 0 Å². The van der Waals surface area contributed by atoms with Crippen molar-refractivity contribution in [1.82, 2.24) is 20.4 Å². The molecule has 1 heterocycles. The molecule has 174 valence electrons. The van der Waals surface area contributed by atoms with Gasteiger partial charge >= 0.3 is 29.9 Å². The number of piperazine rings is 1. The van der Waals surface area contributed by atoms with Gasteiger partial charge in [-0.25, -0.2) is 14.4 Å². The third-order valence-corrected chi connectivity index (χ3v) is 4.60. The number of alkyl carbamates (subject to hydrolysis) is 1. The number of benzene rings is 1. The minimum atomic E-state index is -1.43. The number of carbonyl (C=O) groups is 5. The van der Waals surface area contributed by atoms with E-state index in [1.807, 2.05) is 0 Å². The summed E-state index contributed by atoms with van der Waals surface area (Å²) in [6.07, 6.45) is -0.584. The van der Waals surface area contributed by atoms with Crippen molar-refractivity contribution in [2.24, 2.45) is 0 Å². The number of hydrogen-bond donors (Lipinski definition) is 3. The Kier molecular flexibility index (Phi) is 7.79. The molecule has 2 rings (SSSR count). The van der Waals surface area contributed by atoms with Gasteiger partial charge in [0.05, 0.1) is 0 Å². The van der Waals surface area contributed by atoms with Gasteiger partial charge in [-0.2, -0.15) is 0 Å². The molecule has 1 aliphatic rings. The molecule has 1 aliphatic heterocycles. The van der Waals surface area contributed by atoms with Gasteiger partial charge in [-0.15, -0.1) is 0 Å². The Hall–Kier alpha value is -3.63. The highest BCUT2D eigenvalue weighted by atomic mass is 16.6. The highest BCUT2D eigenvalue weighted by molar-refractivity contribution is 6.38. The van der Waals surface area contributed by atoms with Gasteiger partial charge in [-0.3, -0.25) is 14.5 Å². The number of hydrogen-bond acceptors (Lipinski definition) is 6. The van der Waals surface area contributed by atoms with Gasteiger partial charge in [0.2, 0.25) is 0 Å². The summed E-state index contributed by atoms with van der Waals surface area (Å²) in [6.45, 7) is 7.62. The van der Waals surface area contributed by atoms with Gasteiger partial charge in [0.15, 0.2) is 6.04 Å². The van der Waals surface area contributed by atoms with Crippen LogP contribution in [0.3, 0.4) is 0 Å². The quantitative estimate of drug-likeness (QED) is 0.555. The van der Waals surface area contributed by atoms with Crippen LogP contribution in [0.15, 0.2) is 24.3 Å². The fourth-order valence-corrected chi connectivity index (χ4v) is 2.98. The van der Waals surface area contributed by atoms with E-state index in [1.54, 1.807) is 39.8 Å². The van der Waals surface area contributed by atoms with Crippen molar-refractivity contribution in [2.45, 2.75) is 45.9 Å². The molecule has 0 bridgehead atoms. The molecule has 1 aromatic carbocycles. The molecule has 0 aromatic heterocycles. The zero-order valence-electron chi connectivity index (χ0n) is 18.5. The fourth-order valence-electron chi connectivity index (χ4n) is 2.98. The maximum absolute atomic E-state index is 12.5. The highest BCUT2D eigenvalue weighted by Crippen LogP contribution is 2.16. The van der Waals surface area contributed by atoms with Crippen molar-refractivity contribution in [3.05, 3.63) is 35.4 Å². The number of aliphatic carboxylic acids is 1. The number of urea groups is 1. The van der Waals surface area contributed by atoms with E-state index in [1.165, 1.54) is 17.0 Å². The van der Waals surface area contributed by atoms with Crippen LogP contribution in [-0.2, 0) is 25.7 Å². The highest BCUT2D eigenvalue weighted by Gasteiger charge is 2.37. The van der Waals surface area contributed by atoms with Crippen LogP contribution in [0.4, 0.5) is 9.59 Å². The first-order chi connectivity index (χ1) is 14.9. The maximum atomic E-state index is 12.5. The number of ether oxygens (including phenoxy) is 1. The smallest absolute Gasteiger partial charge is 0.407 e. The van der Waals surface area contributed by atoms with Crippen LogP contribution in [0.2, 0.25) is 0 Å². The Morgan fingerprint density at radius 1 is 1.09 bits per heavy atom. The lowest BCUT2D eigenvalue weighted by molar-refractivity contribution is -0.153. The van der Waals surface area contributed by atoms with Crippen LogP contribution in [0, 0.1) is 0 Å². The summed E-state index contributed by atoms with van der Waals surface area (Å²) in [5.41, 5.74) is 0.320. The van der Waals surface area contributed by atoms with Gasteiger partial charge in [0.25, 0.3) is 0 Å². The molecule has 32 heavy (non-hydrogen) atoms. The van der Waals surface area contributed by atoms with E-state index in [0.29, 0.717) is 17.0 Å². The van der Waals surface area contributed by atoms with Gasteiger partial charge in [-0.1, -0.05) is 24.3 Å². The standard InChI is InChI=1S/C21H28N4O7/c1-5-24-10-11-25(17(27)16(24)26)19(30)23-15(18(28)29)14-8-6-13(7-9-14)12-22-20(31)32-21(2,3)4/h6-9,15H,5,10-12H2,1-4H3,(H,22,31)(H,23,30)(H,28,29)/t15-/m1/s1. The summed E-state index contributed by atoms with van der Waals surface area (Å²) < 4.78 is 5.15. The molecule has 5 amide bonds. The molecular formula is C21H28N4O7. The molecule has 1 aromatic rings. The minimum Gasteiger partial charge on any atom is -0.479 e. The summed E-state index contributed by atoms with van der Waals surface area (Å²) in [5.74, 6) is -3.13. The van der Waals surface area contributed by atoms with Crippen molar-refractivity contribution >= 4 is 29.9 Å². The van der Waals surface area contributed by atoms with Crippen LogP contribution < -0.4 is 10.6 Å². The Balaban J connectivity index is 2.02. The van der Waals surface area contributed by atoms with Gasteiger partial charge < -0.3 is 25.4 Å². The van der Waals surface area contributed by atoms with Gasteiger partial charge in [0, 0.05) is 26.2 Å². The number of imide groups is 1. The first-order valence-corrected chi connectivity index (χ1v) is 10.1. The number of carboxylic acids is 1. The molecule has 11 heteroatoms. The van der Waals surface area contributed by atoms with Gasteiger partial charge in [0.1, 0.15) is 5.60 Å². The van der Waals surface area contributed by atoms with Gasteiger partial charge in [-0.05, 0) is 38.8 Å². The Morgan fingerprint density at radius 2 is 1.72 bits per heavy atom. The third kappa shape index (κ3) is 6.43. The zero-order chi connectivity index (χ0) is 24.1. The third-order valence-electron chi connectivity index (χ3n) is 4.60. The van der Waals surface area contributed by atoms with Crippen molar-refractivity contribution in [2.75, 3.05) is 19.6 Å². The Labute approximate surface area is 185 Å². The summed E-state index contributed by atoms with van der Waals surface area (Å²) >= 11 is 0. The second-order valence-electron chi connectivity index (χ2n) is 8.16. The average molecular weight is 448 g/mol. The van der Waals surface area contributed by atoms with Crippen molar-refractivity contribution < 1.29 is 33.8 Å². The minimum absolute atomic E-state index is 0.0220. The number of carboxylic acid groups (broad SMARTS) is 1. The molecule has 1 saturated heterocycles. The van der Waals surface area contributed by atoms with Crippen molar-refractivity contribution in [3.8, 4) is 0 Å². The lowest BCUT2D eigenvalue weighted by atomic mass is 10.0. The topological polar surface area (TPSA) is 145 Å². The zero-order valence-corrected chi connectivity index (χ0v) is 18.5. The molecule has 1 atom stereocenters. The summed E-state index contributed by atoms with van der Waals surface area (Å²) in [5, 5.41) is 14.4. The molecule has 0 unspecified atom stereocenters. The molecule has 11 nitrogen and oxygen atoms in total. The first-order valence-electron chi connectivity index (χ1n) is 10.1. The monoisotopic (exact) mass is 448 g/mol. The predicted octanol–water partition coefficient (Wildman–Crippen LogP) is 1.24. The maximum Gasteiger partial charge on any atom is 0.407 e. The molecule has 1 fully saturated rings. The molecule has 0 spiro atoms. The predicted molar refractivity (Wildman–Crippen MR) is 112 cm³/mol. The van der Waals surface area contributed by atoms with E-state index in [-0.39, 0.29) is 25.2 Å². The molecular weight excluding hydrogens is 420 g/mol. The second-order valence-corrected chi connectivity index (χ2v) is 8.16. The van der Waals surface area contributed by atoms with E-state index in [9.17, 15) is 29.1 Å². The Bertz CT molecular complexity index is 892. The summed E-state index contributed by atoms with van der Waals surface area (Å²) in [6, 6.07) is 3.80. The van der Waals surface area contributed by atoms with Crippen molar-refractivity contribution in [3.63, 3.8) is 0 Å².